The number of hydrogen-bond acceptors (Lipinski definition) is 7. The fraction of sp³-hybridized carbons (Fsp3) is 0.417. The minimum absolute atomic E-state index is 0.120. The Hall–Kier alpha value is -2.51. The molecule has 8 heteroatoms. The zero-order chi connectivity index (χ0) is 14.5. The summed E-state index contributed by atoms with van der Waals surface area (Å²) in [4.78, 5) is 24.0. The van der Waals surface area contributed by atoms with Crippen LogP contribution in [0.1, 0.15) is 41.8 Å². The van der Waals surface area contributed by atoms with Gasteiger partial charge in [0.1, 0.15) is 12.2 Å². The molecule has 106 valence electrons. The van der Waals surface area contributed by atoms with E-state index in [1.54, 1.807) is 13.8 Å². The molecule has 0 saturated carbocycles. The Morgan fingerprint density at radius 2 is 2.30 bits per heavy atom. The van der Waals surface area contributed by atoms with Gasteiger partial charge in [-0.15, -0.1) is 0 Å². The minimum Gasteiger partial charge on any atom is -0.462 e. The molecule has 2 rings (SSSR count). The number of rotatable bonds is 5. The van der Waals surface area contributed by atoms with E-state index < -0.39 is 5.97 Å². The van der Waals surface area contributed by atoms with Crippen molar-refractivity contribution in [2.24, 2.45) is 0 Å². The normalized spacial score (nSPS) is 11.9. The summed E-state index contributed by atoms with van der Waals surface area (Å²) in [6.07, 6.45) is 2.89. The predicted octanol–water partition coefficient (Wildman–Crippen LogP) is 1.25. The highest BCUT2D eigenvalue weighted by Crippen LogP contribution is 2.14. The summed E-state index contributed by atoms with van der Waals surface area (Å²) in [5, 5.41) is 9.62. The summed E-state index contributed by atoms with van der Waals surface area (Å²) in [6, 6.07) is -0.120. The Morgan fingerprint density at radius 3 is 2.90 bits per heavy atom. The summed E-state index contributed by atoms with van der Waals surface area (Å²) < 4.78 is 4.93. The van der Waals surface area contributed by atoms with Crippen LogP contribution in [0.5, 0.6) is 0 Å². The van der Waals surface area contributed by atoms with Crippen LogP contribution in [0.3, 0.4) is 0 Å². The lowest BCUT2D eigenvalue weighted by Gasteiger charge is -2.12. The molecule has 2 heterocycles. The Kier molecular flexibility index (Phi) is 4.24. The monoisotopic (exact) mass is 276 g/mol. The smallest absolute Gasteiger partial charge is 0.341 e. The molecule has 0 saturated heterocycles. The quantitative estimate of drug-likeness (QED) is 0.791. The Labute approximate surface area is 116 Å². The van der Waals surface area contributed by atoms with Gasteiger partial charge in [0.2, 0.25) is 5.95 Å². The third kappa shape index (κ3) is 3.08. The highest BCUT2D eigenvalue weighted by Gasteiger charge is 2.14. The van der Waals surface area contributed by atoms with Crippen molar-refractivity contribution in [2.45, 2.75) is 26.8 Å². The maximum absolute atomic E-state index is 11.6. The van der Waals surface area contributed by atoms with Crippen molar-refractivity contribution in [1.82, 2.24) is 25.1 Å². The number of carbonyl (C=O) groups excluding carboxylic acids is 1. The Bertz CT molecular complexity index is 584. The first-order valence-electron chi connectivity index (χ1n) is 6.24. The van der Waals surface area contributed by atoms with Gasteiger partial charge in [0, 0.05) is 6.20 Å². The van der Waals surface area contributed by atoms with Crippen LogP contribution < -0.4 is 5.32 Å². The zero-order valence-electron chi connectivity index (χ0n) is 11.5. The second-order valence-electron chi connectivity index (χ2n) is 4.15. The van der Waals surface area contributed by atoms with Gasteiger partial charge < -0.3 is 10.1 Å². The third-order valence-electron chi connectivity index (χ3n) is 2.66. The van der Waals surface area contributed by atoms with E-state index in [0.29, 0.717) is 29.6 Å². The molecule has 0 spiro atoms. The molecule has 0 amide bonds. The van der Waals surface area contributed by atoms with Crippen LogP contribution in [0.2, 0.25) is 0 Å². The number of H-pyrrole nitrogens is 1. The van der Waals surface area contributed by atoms with Crippen LogP contribution in [0.4, 0.5) is 5.95 Å². The molecule has 0 aromatic carbocycles. The van der Waals surface area contributed by atoms with Gasteiger partial charge in [-0.05, 0) is 20.8 Å². The molecule has 0 bridgehead atoms. The standard InChI is InChI=1S/C12H16N6O2/c1-4-20-11(19)9-5-13-12(16-7(9)2)17-8(3)10-14-6-15-18-10/h5-6,8H,4H2,1-3H3,(H,13,16,17)(H,14,15,18). The van der Waals surface area contributed by atoms with Crippen molar-refractivity contribution in [3.8, 4) is 0 Å². The van der Waals surface area contributed by atoms with E-state index in [1.165, 1.54) is 12.5 Å². The fourth-order valence-electron chi connectivity index (χ4n) is 1.63. The number of hydrogen-bond donors (Lipinski definition) is 2. The second kappa shape index (κ2) is 6.09. The Balaban J connectivity index is 2.11. The number of aromatic nitrogens is 5. The molecule has 0 aliphatic rings. The van der Waals surface area contributed by atoms with Crippen molar-refractivity contribution in [3.63, 3.8) is 0 Å². The van der Waals surface area contributed by atoms with E-state index in [9.17, 15) is 4.79 Å². The topological polar surface area (TPSA) is 106 Å². The molecule has 2 aromatic heterocycles. The van der Waals surface area contributed by atoms with Crippen LogP contribution in [-0.2, 0) is 4.74 Å². The molecule has 2 aromatic rings. The zero-order valence-corrected chi connectivity index (χ0v) is 11.5. The summed E-state index contributed by atoms with van der Waals surface area (Å²) in [5.74, 6) is 0.681. The van der Waals surface area contributed by atoms with Crippen LogP contribution >= 0.6 is 0 Å². The van der Waals surface area contributed by atoms with Crippen molar-refractivity contribution in [1.29, 1.82) is 0 Å². The maximum atomic E-state index is 11.6. The molecule has 1 unspecified atom stereocenters. The average molecular weight is 276 g/mol. The van der Waals surface area contributed by atoms with Gasteiger partial charge >= 0.3 is 5.97 Å². The third-order valence-corrected chi connectivity index (χ3v) is 2.66. The van der Waals surface area contributed by atoms with Gasteiger partial charge in [0.05, 0.1) is 23.9 Å². The van der Waals surface area contributed by atoms with Crippen LogP contribution in [0.25, 0.3) is 0 Å². The first kappa shape index (κ1) is 13.9. The van der Waals surface area contributed by atoms with E-state index in [4.69, 9.17) is 4.74 Å². The number of nitrogens with zero attached hydrogens (tertiary/aromatic N) is 4. The number of esters is 1. The SMILES string of the molecule is CCOC(=O)c1cnc(NC(C)c2ncn[nH]2)nc1C. The van der Waals surface area contributed by atoms with Crippen molar-refractivity contribution in [3.05, 3.63) is 29.6 Å². The molecule has 20 heavy (non-hydrogen) atoms. The van der Waals surface area contributed by atoms with E-state index in [-0.39, 0.29) is 6.04 Å². The predicted molar refractivity (Wildman–Crippen MR) is 71.1 cm³/mol. The maximum Gasteiger partial charge on any atom is 0.341 e. The molecular formula is C12H16N6O2. The number of ether oxygens (including phenoxy) is 1. The Morgan fingerprint density at radius 1 is 1.50 bits per heavy atom. The molecular weight excluding hydrogens is 260 g/mol. The number of anilines is 1. The van der Waals surface area contributed by atoms with E-state index in [2.05, 4.69) is 30.5 Å². The van der Waals surface area contributed by atoms with Gasteiger partial charge in [-0.25, -0.2) is 19.7 Å². The van der Waals surface area contributed by atoms with E-state index in [0.717, 1.165) is 0 Å². The number of aryl methyl sites for hydroxylation is 1. The molecule has 0 radical (unpaired) electrons. The lowest BCUT2D eigenvalue weighted by Crippen LogP contribution is -2.14. The first-order valence-corrected chi connectivity index (χ1v) is 6.24. The lowest BCUT2D eigenvalue weighted by molar-refractivity contribution is 0.0524. The molecule has 8 nitrogen and oxygen atoms in total. The largest absolute Gasteiger partial charge is 0.462 e. The highest BCUT2D eigenvalue weighted by atomic mass is 16.5. The molecule has 2 N–H and O–H groups in total. The molecule has 0 aliphatic heterocycles. The molecule has 0 aliphatic carbocycles. The second-order valence-corrected chi connectivity index (χ2v) is 4.15. The van der Waals surface area contributed by atoms with Crippen molar-refractivity contribution < 1.29 is 9.53 Å². The first-order chi connectivity index (χ1) is 9.61. The summed E-state index contributed by atoms with van der Waals surface area (Å²) in [7, 11) is 0. The van der Waals surface area contributed by atoms with Gasteiger partial charge in [0.25, 0.3) is 0 Å². The summed E-state index contributed by atoms with van der Waals surface area (Å²) in [6.45, 7) is 5.71. The van der Waals surface area contributed by atoms with Gasteiger partial charge in [-0.2, -0.15) is 5.10 Å². The van der Waals surface area contributed by atoms with Crippen molar-refractivity contribution in [2.75, 3.05) is 11.9 Å². The van der Waals surface area contributed by atoms with Gasteiger partial charge in [-0.3, -0.25) is 5.10 Å². The van der Waals surface area contributed by atoms with Gasteiger partial charge in [0.15, 0.2) is 0 Å². The highest BCUT2D eigenvalue weighted by molar-refractivity contribution is 5.90. The van der Waals surface area contributed by atoms with Crippen LogP contribution in [0.15, 0.2) is 12.5 Å². The lowest BCUT2D eigenvalue weighted by atomic mass is 10.2. The van der Waals surface area contributed by atoms with Crippen molar-refractivity contribution >= 4 is 11.9 Å². The minimum atomic E-state index is -0.417. The average Bonchev–Trinajstić information content (AvgIpc) is 2.93. The van der Waals surface area contributed by atoms with E-state index >= 15 is 0 Å². The van der Waals surface area contributed by atoms with Crippen LogP contribution in [-0.4, -0.2) is 37.7 Å². The number of carbonyl (C=O) groups is 1. The van der Waals surface area contributed by atoms with Crippen LogP contribution in [0, 0.1) is 6.92 Å². The fourth-order valence-corrected chi connectivity index (χ4v) is 1.63. The molecule has 1 atom stereocenters. The van der Waals surface area contributed by atoms with Gasteiger partial charge in [-0.1, -0.05) is 0 Å². The number of nitrogens with one attached hydrogen (secondary N) is 2. The number of aromatic amines is 1. The summed E-state index contributed by atoms with van der Waals surface area (Å²) in [5.41, 5.74) is 0.926. The van der Waals surface area contributed by atoms with E-state index in [1.807, 2.05) is 6.92 Å². The summed E-state index contributed by atoms with van der Waals surface area (Å²) >= 11 is 0. The molecule has 0 fully saturated rings.